The van der Waals surface area contributed by atoms with Crippen molar-refractivity contribution in [2.24, 2.45) is 7.05 Å². The number of aromatic amines is 1. The predicted octanol–water partition coefficient (Wildman–Crippen LogP) is 3.48. The Bertz CT molecular complexity index is 726. The molecular weight excluding hydrogens is 260 g/mol. The summed E-state index contributed by atoms with van der Waals surface area (Å²) in [5, 5.41) is 9.66. The number of aromatic nitrogens is 3. The van der Waals surface area contributed by atoms with Gasteiger partial charge in [-0.25, -0.2) is 0 Å². The van der Waals surface area contributed by atoms with E-state index in [1.807, 2.05) is 49.2 Å². The fraction of sp³-hybridized carbons (Fsp3) is 0.214. The zero-order chi connectivity index (χ0) is 13.4. The summed E-state index contributed by atoms with van der Waals surface area (Å²) in [7, 11) is 1.92. The van der Waals surface area contributed by atoms with Gasteiger partial charge in [-0.2, -0.15) is 5.10 Å². The Hall–Kier alpha value is -1.94. The molecule has 0 fully saturated rings. The van der Waals surface area contributed by atoms with Gasteiger partial charge in [0.2, 0.25) is 0 Å². The average Bonchev–Trinajstić information content (AvgIpc) is 2.89. The highest BCUT2D eigenvalue weighted by Crippen LogP contribution is 2.23. The number of H-pyrrole nitrogens is 1. The molecule has 4 nitrogen and oxygen atoms in total. The normalized spacial score (nSPS) is 11.1. The van der Waals surface area contributed by atoms with Crippen LogP contribution in [0.4, 0.5) is 5.69 Å². The number of hydrogen-bond donors (Lipinski definition) is 2. The van der Waals surface area contributed by atoms with Crippen LogP contribution >= 0.6 is 11.6 Å². The van der Waals surface area contributed by atoms with Crippen molar-refractivity contribution >= 4 is 28.2 Å². The van der Waals surface area contributed by atoms with Crippen LogP contribution in [0.3, 0.4) is 0 Å². The molecule has 0 atom stereocenters. The van der Waals surface area contributed by atoms with E-state index in [0.29, 0.717) is 0 Å². The van der Waals surface area contributed by atoms with Crippen LogP contribution in [0.1, 0.15) is 11.3 Å². The summed E-state index contributed by atoms with van der Waals surface area (Å²) in [5.41, 5.74) is 4.35. The lowest BCUT2D eigenvalue weighted by molar-refractivity contribution is 0.756. The van der Waals surface area contributed by atoms with Gasteiger partial charge in [0.25, 0.3) is 0 Å². The number of rotatable bonds is 3. The number of hydrogen-bond acceptors (Lipinski definition) is 2. The van der Waals surface area contributed by atoms with E-state index < -0.39 is 0 Å². The number of nitrogens with one attached hydrogen (secondary N) is 2. The van der Waals surface area contributed by atoms with E-state index in [2.05, 4.69) is 15.4 Å². The fourth-order valence-electron chi connectivity index (χ4n) is 2.27. The molecule has 0 saturated heterocycles. The molecule has 0 amide bonds. The number of fused-ring (bicyclic) bond motifs is 1. The van der Waals surface area contributed by atoms with Crippen LogP contribution in [0.25, 0.3) is 10.9 Å². The van der Waals surface area contributed by atoms with E-state index in [1.165, 1.54) is 10.9 Å². The quantitative estimate of drug-likeness (QED) is 0.768. The van der Waals surface area contributed by atoms with Crippen molar-refractivity contribution < 1.29 is 0 Å². The summed E-state index contributed by atoms with van der Waals surface area (Å²) < 4.78 is 1.81. The zero-order valence-corrected chi connectivity index (χ0v) is 11.6. The first-order valence-corrected chi connectivity index (χ1v) is 6.51. The summed E-state index contributed by atoms with van der Waals surface area (Å²) in [6, 6.07) is 5.90. The molecule has 19 heavy (non-hydrogen) atoms. The van der Waals surface area contributed by atoms with Gasteiger partial charge in [-0.15, -0.1) is 0 Å². The van der Waals surface area contributed by atoms with Gasteiger partial charge in [-0.1, -0.05) is 17.7 Å². The highest BCUT2D eigenvalue weighted by atomic mass is 35.5. The summed E-state index contributed by atoms with van der Waals surface area (Å²) in [5.74, 6) is 0. The van der Waals surface area contributed by atoms with Gasteiger partial charge in [0, 0.05) is 41.9 Å². The Balaban J connectivity index is 1.84. The van der Waals surface area contributed by atoms with Crippen LogP contribution in [0.2, 0.25) is 5.02 Å². The maximum absolute atomic E-state index is 5.98. The van der Waals surface area contributed by atoms with E-state index in [-0.39, 0.29) is 0 Å². The largest absolute Gasteiger partial charge is 0.378 e. The third-order valence-corrected chi connectivity index (χ3v) is 3.45. The molecule has 5 heteroatoms. The zero-order valence-electron chi connectivity index (χ0n) is 10.9. The molecule has 0 radical (unpaired) electrons. The van der Waals surface area contributed by atoms with Crippen LogP contribution in [-0.2, 0) is 13.6 Å². The van der Waals surface area contributed by atoms with Crippen molar-refractivity contribution in [3.05, 3.63) is 46.9 Å². The van der Waals surface area contributed by atoms with Crippen LogP contribution < -0.4 is 5.32 Å². The molecule has 3 rings (SSSR count). The Morgan fingerprint density at radius 3 is 3.00 bits per heavy atom. The SMILES string of the molecule is Cc1nn(C)cc1NCc1c[nH]c2cc(Cl)ccc12. The number of nitrogens with zero attached hydrogens (tertiary/aromatic N) is 2. The first-order chi connectivity index (χ1) is 9.13. The van der Waals surface area contributed by atoms with E-state index in [9.17, 15) is 0 Å². The summed E-state index contributed by atoms with van der Waals surface area (Å²) >= 11 is 5.98. The Morgan fingerprint density at radius 1 is 1.42 bits per heavy atom. The number of halogens is 1. The van der Waals surface area contributed by atoms with Crippen molar-refractivity contribution in [2.45, 2.75) is 13.5 Å². The van der Waals surface area contributed by atoms with E-state index in [4.69, 9.17) is 11.6 Å². The Kier molecular flexibility index (Phi) is 2.95. The second-order valence-electron chi connectivity index (χ2n) is 4.66. The van der Waals surface area contributed by atoms with E-state index in [1.54, 1.807) is 0 Å². The number of benzene rings is 1. The molecule has 0 aliphatic heterocycles. The molecule has 1 aromatic carbocycles. The van der Waals surface area contributed by atoms with Gasteiger partial charge in [0.05, 0.1) is 11.4 Å². The first-order valence-electron chi connectivity index (χ1n) is 6.13. The highest BCUT2D eigenvalue weighted by molar-refractivity contribution is 6.31. The molecule has 2 heterocycles. The smallest absolute Gasteiger partial charge is 0.0825 e. The van der Waals surface area contributed by atoms with Crippen molar-refractivity contribution in [2.75, 3.05) is 5.32 Å². The summed E-state index contributed by atoms with van der Waals surface area (Å²) in [4.78, 5) is 3.24. The van der Waals surface area contributed by atoms with Crippen molar-refractivity contribution in [1.29, 1.82) is 0 Å². The molecular formula is C14H15ClN4. The molecule has 0 spiro atoms. The number of anilines is 1. The second-order valence-corrected chi connectivity index (χ2v) is 5.10. The summed E-state index contributed by atoms with van der Waals surface area (Å²) in [6.45, 7) is 2.76. The third kappa shape index (κ3) is 2.31. The van der Waals surface area contributed by atoms with E-state index in [0.717, 1.165) is 28.5 Å². The maximum atomic E-state index is 5.98. The molecule has 0 aliphatic carbocycles. The van der Waals surface area contributed by atoms with Gasteiger partial charge in [-0.3, -0.25) is 4.68 Å². The van der Waals surface area contributed by atoms with Crippen molar-refractivity contribution in [3.8, 4) is 0 Å². The lowest BCUT2D eigenvalue weighted by Crippen LogP contribution is -1.98. The van der Waals surface area contributed by atoms with Gasteiger partial charge in [0.1, 0.15) is 0 Å². The lowest BCUT2D eigenvalue weighted by atomic mass is 10.2. The van der Waals surface area contributed by atoms with Crippen LogP contribution in [0, 0.1) is 6.92 Å². The van der Waals surface area contributed by atoms with Crippen molar-refractivity contribution in [1.82, 2.24) is 14.8 Å². The first kappa shape index (κ1) is 12.1. The Labute approximate surface area is 116 Å². The maximum Gasteiger partial charge on any atom is 0.0825 e. The van der Waals surface area contributed by atoms with Gasteiger partial charge in [-0.05, 0) is 24.6 Å². The standard InChI is InChI=1S/C14H15ClN4/c1-9-14(8-19(2)18-9)17-7-10-6-16-13-5-11(15)3-4-12(10)13/h3-6,8,16-17H,7H2,1-2H3. The van der Waals surface area contributed by atoms with Crippen LogP contribution in [0.5, 0.6) is 0 Å². The van der Waals surface area contributed by atoms with Gasteiger partial charge >= 0.3 is 0 Å². The summed E-state index contributed by atoms with van der Waals surface area (Å²) in [6.07, 6.45) is 4.00. The second kappa shape index (κ2) is 4.63. The monoisotopic (exact) mass is 274 g/mol. The molecule has 2 N–H and O–H groups in total. The Morgan fingerprint density at radius 2 is 2.26 bits per heavy atom. The van der Waals surface area contributed by atoms with E-state index >= 15 is 0 Å². The topological polar surface area (TPSA) is 45.6 Å². The van der Waals surface area contributed by atoms with Crippen molar-refractivity contribution in [3.63, 3.8) is 0 Å². The minimum atomic E-state index is 0.747. The molecule has 0 aliphatic rings. The number of aryl methyl sites for hydroxylation is 2. The van der Waals surface area contributed by atoms with Gasteiger partial charge in [0.15, 0.2) is 0 Å². The van der Waals surface area contributed by atoms with Crippen LogP contribution in [0.15, 0.2) is 30.6 Å². The molecule has 98 valence electrons. The predicted molar refractivity (Wildman–Crippen MR) is 78.6 cm³/mol. The molecule has 3 aromatic rings. The molecule has 2 aromatic heterocycles. The minimum absolute atomic E-state index is 0.747. The molecule has 0 unspecified atom stereocenters. The minimum Gasteiger partial charge on any atom is -0.378 e. The average molecular weight is 275 g/mol. The highest BCUT2D eigenvalue weighted by Gasteiger charge is 2.06. The molecule has 0 saturated carbocycles. The van der Waals surface area contributed by atoms with Gasteiger partial charge < -0.3 is 10.3 Å². The fourth-order valence-corrected chi connectivity index (χ4v) is 2.44. The van der Waals surface area contributed by atoms with Crippen LogP contribution in [-0.4, -0.2) is 14.8 Å². The molecule has 0 bridgehead atoms. The lowest BCUT2D eigenvalue weighted by Gasteiger charge is -2.03. The third-order valence-electron chi connectivity index (χ3n) is 3.21.